The third-order valence-corrected chi connectivity index (χ3v) is 2.79. The number of methoxy groups -OCH3 is 2. The van der Waals surface area contributed by atoms with Crippen LogP contribution in [0.5, 0.6) is 11.6 Å². The van der Waals surface area contributed by atoms with Gasteiger partial charge in [0.2, 0.25) is 5.88 Å². The lowest BCUT2D eigenvalue weighted by Crippen LogP contribution is -2.04. The minimum Gasteiger partial charge on any atom is -0.494 e. The Morgan fingerprint density at radius 2 is 1.95 bits per heavy atom. The van der Waals surface area contributed by atoms with Crippen molar-refractivity contribution in [3.63, 3.8) is 0 Å². The Morgan fingerprint density at radius 1 is 1.16 bits per heavy atom. The summed E-state index contributed by atoms with van der Waals surface area (Å²) in [5.41, 5.74) is 0.624. The standard InChI is InChI=1S/C14H14FNO3/c1-18-11-5-3-4-10(13(11)15)14(17)9-6-7-12(19-2)16-8-9/h3-8,14,17H,1-2H3. The number of hydrogen-bond donors (Lipinski definition) is 1. The number of benzene rings is 1. The minimum absolute atomic E-state index is 0.0954. The molecule has 0 aliphatic carbocycles. The molecule has 0 aliphatic heterocycles. The Balaban J connectivity index is 2.35. The second-order valence-corrected chi connectivity index (χ2v) is 3.90. The van der Waals surface area contributed by atoms with Crippen molar-refractivity contribution in [2.24, 2.45) is 0 Å². The van der Waals surface area contributed by atoms with E-state index in [0.717, 1.165) is 0 Å². The number of aliphatic hydroxyl groups excluding tert-OH is 1. The van der Waals surface area contributed by atoms with E-state index in [0.29, 0.717) is 11.4 Å². The van der Waals surface area contributed by atoms with Crippen molar-refractivity contribution in [1.82, 2.24) is 4.98 Å². The highest BCUT2D eigenvalue weighted by atomic mass is 19.1. The molecule has 0 fully saturated rings. The first-order valence-corrected chi connectivity index (χ1v) is 5.67. The molecule has 19 heavy (non-hydrogen) atoms. The first-order chi connectivity index (χ1) is 9.17. The van der Waals surface area contributed by atoms with Crippen LogP contribution in [-0.4, -0.2) is 24.3 Å². The van der Waals surface area contributed by atoms with Crippen molar-refractivity contribution in [1.29, 1.82) is 0 Å². The Bertz CT molecular complexity index is 557. The second kappa shape index (κ2) is 5.67. The fraction of sp³-hybridized carbons (Fsp3) is 0.214. The summed E-state index contributed by atoms with van der Waals surface area (Å²) in [5.74, 6) is -0.0478. The number of aliphatic hydroxyl groups is 1. The molecule has 1 aromatic carbocycles. The molecule has 2 rings (SSSR count). The summed E-state index contributed by atoms with van der Waals surface area (Å²) in [6.07, 6.45) is 0.344. The van der Waals surface area contributed by atoms with Crippen molar-refractivity contribution < 1.29 is 19.0 Å². The van der Waals surface area contributed by atoms with Crippen LogP contribution in [0.15, 0.2) is 36.5 Å². The predicted molar refractivity (Wildman–Crippen MR) is 67.8 cm³/mol. The van der Waals surface area contributed by atoms with Gasteiger partial charge in [0, 0.05) is 23.4 Å². The normalized spacial score (nSPS) is 12.0. The molecule has 0 bridgehead atoms. The number of pyridine rings is 1. The summed E-state index contributed by atoms with van der Waals surface area (Å²) in [4.78, 5) is 3.98. The number of rotatable bonds is 4. The maximum Gasteiger partial charge on any atom is 0.212 e. The lowest BCUT2D eigenvalue weighted by molar-refractivity contribution is 0.212. The van der Waals surface area contributed by atoms with E-state index in [4.69, 9.17) is 9.47 Å². The Hall–Kier alpha value is -2.14. The van der Waals surface area contributed by atoms with Crippen LogP contribution in [0, 0.1) is 5.82 Å². The molecule has 4 nitrogen and oxygen atoms in total. The SMILES string of the molecule is COc1ccc(C(O)c2cccc(OC)c2F)cn1. The van der Waals surface area contributed by atoms with Gasteiger partial charge in [0.25, 0.3) is 0 Å². The van der Waals surface area contributed by atoms with E-state index < -0.39 is 11.9 Å². The van der Waals surface area contributed by atoms with Gasteiger partial charge in [-0.1, -0.05) is 12.1 Å². The zero-order valence-electron chi connectivity index (χ0n) is 10.6. The molecule has 0 radical (unpaired) electrons. The lowest BCUT2D eigenvalue weighted by atomic mass is 10.0. The Labute approximate surface area is 110 Å². The Kier molecular flexibility index (Phi) is 3.97. The molecular weight excluding hydrogens is 249 g/mol. The number of halogens is 1. The monoisotopic (exact) mass is 263 g/mol. The van der Waals surface area contributed by atoms with Crippen LogP contribution in [0.3, 0.4) is 0 Å². The van der Waals surface area contributed by atoms with Crippen molar-refractivity contribution in [2.75, 3.05) is 14.2 Å². The molecule has 1 aromatic heterocycles. The van der Waals surface area contributed by atoms with Crippen LogP contribution in [0.4, 0.5) is 4.39 Å². The highest BCUT2D eigenvalue weighted by molar-refractivity contribution is 5.37. The average Bonchev–Trinajstić information content (AvgIpc) is 2.47. The molecule has 1 atom stereocenters. The molecule has 1 heterocycles. The summed E-state index contributed by atoms with van der Waals surface area (Å²) in [7, 11) is 2.88. The van der Waals surface area contributed by atoms with E-state index >= 15 is 0 Å². The fourth-order valence-corrected chi connectivity index (χ4v) is 1.75. The van der Waals surface area contributed by atoms with Gasteiger partial charge in [-0.15, -0.1) is 0 Å². The highest BCUT2D eigenvalue weighted by Gasteiger charge is 2.18. The summed E-state index contributed by atoms with van der Waals surface area (Å²) in [6, 6.07) is 7.87. The highest BCUT2D eigenvalue weighted by Crippen LogP contribution is 2.29. The second-order valence-electron chi connectivity index (χ2n) is 3.90. The van der Waals surface area contributed by atoms with Gasteiger partial charge in [0.05, 0.1) is 14.2 Å². The average molecular weight is 263 g/mol. The maximum absolute atomic E-state index is 14.0. The van der Waals surface area contributed by atoms with Crippen molar-refractivity contribution in [3.8, 4) is 11.6 Å². The minimum atomic E-state index is -1.10. The molecule has 100 valence electrons. The van der Waals surface area contributed by atoms with Crippen LogP contribution in [0.1, 0.15) is 17.2 Å². The van der Waals surface area contributed by atoms with E-state index in [2.05, 4.69) is 4.98 Å². The number of nitrogens with zero attached hydrogens (tertiary/aromatic N) is 1. The Morgan fingerprint density at radius 3 is 2.53 bits per heavy atom. The molecule has 0 spiro atoms. The van der Waals surface area contributed by atoms with Crippen molar-refractivity contribution in [3.05, 3.63) is 53.5 Å². The number of hydrogen-bond acceptors (Lipinski definition) is 4. The van der Waals surface area contributed by atoms with Crippen molar-refractivity contribution >= 4 is 0 Å². The maximum atomic E-state index is 14.0. The fourth-order valence-electron chi connectivity index (χ4n) is 1.75. The van der Waals surface area contributed by atoms with Crippen LogP contribution in [0.2, 0.25) is 0 Å². The zero-order chi connectivity index (χ0) is 13.8. The van der Waals surface area contributed by atoms with Gasteiger partial charge in [-0.3, -0.25) is 0 Å². The van der Waals surface area contributed by atoms with Gasteiger partial charge in [-0.2, -0.15) is 0 Å². The number of ether oxygens (including phenoxy) is 2. The summed E-state index contributed by atoms with van der Waals surface area (Å²) >= 11 is 0. The van der Waals surface area contributed by atoms with E-state index in [1.54, 1.807) is 18.2 Å². The first kappa shape index (κ1) is 13.3. The molecule has 0 saturated carbocycles. The molecule has 0 amide bonds. The molecular formula is C14H14FNO3. The van der Waals surface area contributed by atoms with Gasteiger partial charge in [-0.05, 0) is 12.1 Å². The quantitative estimate of drug-likeness (QED) is 0.919. The summed E-state index contributed by atoms with van der Waals surface area (Å²) < 4.78 is 23.8. The van der Waals surface area contributed by atoms with Crippen LogP contribution < -0.4 is 9.47 Å². The van der Waals surface area contributed by atoms with Gasteiger partial charge < -0.3 is 14.6 Å². The molecule has 2 aromatic rings. The third kappa shape index (κ3) is 2.66. The van der Waals surface area contributed by atoms with E-state index in [9.17, 15) is 9.50 Å². The predicted octanol–water partition coefficient (Wildman–Crippen LogP) is 2.32. The van der Waals surface area contributed by atoms with E-state index in [-0.39, 0.29) is 11.3 Å². The topological polar surface area (TPSA) is 51.6 Å². The van der Waals surface area contributed by atoms with Crippen LogP contribution >= 0.6 is 0 Å². The first-order valence-electron chi connectivity index (χ1n) is 5.67. The van der Waals surface area contributed by atoms with Crippen molar-refractivity contribution in [2.45, 2.75) is 6.10 Å². The molecule has 0 aliphatic rings. The molecule has 5 heteroatoms. The van der Waals surface area contributed by atoms with Crippen LogP contribution in [0.25, 0.3) is 0 Å². The zero-order valence-corrected chi connectivity index (χ0v) is 10.6. The van der Waals surface area contributed by atoms with Crippen LogP contribution in [-0.2, 0) is 0 Å². The molecule has 1 N–H and O–H groups in total. The van der Waals surface area contributed by atoms with E-state index in [1.807, 2.05) is 0 Å². The molecule has 1 unspecified atom stereocenters. The van der Waals surface area contributed by atoms with Gasteiger partial charge in [-0.25, -0.2) is 9.37 Å². The smallest absolute Gasteiger partial charge is 0.212 e. The van der Waals surface area contributed by atoms with E-state index in [1.165, 1.54) is 32.5 Å². The third-order valence-electron chi connectivity index (χ3n) is 2.79. The largest absolute Gasteiger partial charge is 0.494 e. The molecule has 0 saturated heterocycles. The number of aromatic nitrogens is 1. The summed E-state index contributed by atoms with van der Waals surface area (Å²) in [5, 5.41) is 10.2. The van der Waals surface area contributed by atoms with Gasteiger partial charge in [0.15, 0.2) is 11.6 Å². The lowest BCUT2D eigenvalue weighted by Gasteiger charge is -2.14. The van der Waals surface area contributed by atoms with Gasteiger partial charge in [0.1, 0.15) is 6.10 Å². The van der Waals surface area contributed by atoms with Gasteiger partial charge >= 0.3 is 0 Å². The summed E-state index contributed by atoms with van der Waals surface area (Å²) in [6.45, 7) is 0.